The lowest BCUT2D eigenvalue weighted by molar-refractivity contribution is -0.384. The van der Waals surface area contributed by atoms with E-state index in [4.69, 9.17) is 0 Å². The number of nitro groups is 1. The van der Waals surface area contributed by atoms with E-state index < -0.39 is 10.5 Å². The van der Waals surface area contributed by atoms with Crippen LogP contribution < -0.4 is 0 Å². The summed E-state index contributed by atoms with van der Waals surface area (Å²) >= 11 is 0. The van der Waals surface area contributed by atoms with Crippen molar-refractivity contribution in [3.63, 3.8) is 0 Å². The molecule has 1 unspecified atom stereocenters. The van der Waals surface area contributed by atoms with Crippen LogP contribution in [0.4, 0.5) is 5.69 Å². The molecule has 0 heterocycles. The van der Waals surface area contributed by atoms with Crippen molar-refractivity contribution in [1.82, 2.24) is 0 Å². The van der Waals surface area contributed by atoms with Crippen LogP contribution in [0.3, 0.4) is 0 Å². The fraction of sp³-hybridized carbons (Fsp3) is 0.200. The van der Waals surface area contributed by atoms with Crippen molar-refractivity contribution < 1.29 is 10.0 Å². The monoisotopic (exact) mass is 257 g/mol. The normalized spacial score (nSPS) is 13.8. The van der Waals surface area contributed by atoms with E-state index in [1.165, 1.54) is 12.1 Å². The third-order valence-electron chi connectivity index (χ3n) is 3.09. The molecule has 0 aliphatic carbocycles. The standard InChI is InChI=1S/C15H15NO3/c1-15(17,11-12-5-3-2-4-6-12)13-7-9-14(10-8-13)16(18)19/h2-10,17H,11H2,1H3. The average molecular weight is 257 g/mol. The molecule has 2 aromatic carbocycles. The van der Waals surface area contributed by atoms with Gasteiger partial charge in [0.05, 0.1) is 10.5 Å². The number of non-ortho nitro benzene ring substituents is 1. The SMILES string of the molecule is CC(O)(Cc1ccccc1)c1ccc([N+](=O)[O-])cc1. The zero-order valence-corrected chi connectivity index (χ0v) is 10.6. The number of nitro benzene ring substituents is 1. The van der Waals surface area contributed by atoms with E-state index in [1.807, 2.05) is 30.3 Å². The molecular formula is C15H15NO3. The van der Waals surface area contributed by atoms with Crippen molar-refractivity contribution in [3.05, 3.63) is 75.8 Å². The third kappa shape index (κ3) is 3.17. The van der Waals surface area contributed by atoms with E-state index in [-0.39, 0.29) is 5.69 Å². The number of hydrogen-bond donors (Lipinski definition) is 1. The van der Waals surface area contributed by atoms with E-state index in [0.29, 0.717) is 12.0 Å². The summed E-state index contributed by atoms with van der Waals surface area (Å²) in [5, 5.41) is 21.1. The van der Waals surface area contributed by atoms with E-state index >= 15 is 0 Å². The van der Waals surface area contributed by atoms with Crippen LogP contribution in [0.5, 0.6) is 0 Å². The first-order valence-electron chi connectivity index (χ1n) is 6.00. The van der Waals surface area contributed by atoms with Crippen LogP contribution in [0, 0.1) is 10.1 Å². The lowest BCUT2D eigenvalue weighted by atomic mass is 9.89. The first-order chi connectivity index (χ1) is 8.99. The van der Waals surface area contributed by atoms with Crippen LogP contribution >= 0.6 is 0 Å². The highest BCUT2D eigenvalue weighted by Gasteiger charge is 2.24. The predicted octanol–water partition coefficient (Wildman–Crippen LogP) is 3.05. The number of aliphatic hydroxyl groups is 1. The predicted molar refractivity (Wildman–Crippen MR) is 72.8 cm³/mol. The summed E-state index contributed by atoms with van der Waals surface area (Å²) in [6.07, 6.45) is 0.464. The molecule has 1 N–H and O–H groups in total. The molecule has 4 heteroatoms. The van der Waals surface area contributed by atoms with Crippen LogP contribution in [0.15, 0.2) is 54.6 Å². The highest BCUT2D eigenvalue weighted by molar-refractivity contribution is 5.36. The Morgan fingerprint density at radius 3 is 2.21 bits per heavy atom. The second-order valence-corrected chi connectivity index (χ2v) is 4.74. The number of rotatable bonds is 4. The van der Waals surface area contributed by atoms with Crippen LogP contribution in [-0.4, -0.2) is 10.0 Å². The Morgan fingerprint density at radius 1 is 1.11 bits per heavy atom. The van der Waals surface area contributed by atoms with E-state index in [2.05, 4.69) is 0 Å². The number of nitrogens with zero attached hydrogens (tertiary/aromatic N) is 1. The van der Waals surface area contributed by atoms with Gasteiger partial charge in [-0.1, -0.05) is 30.3 Å². The van der Waals surface area contributed by atoms with Gasteiger partial charge in [0, 0.05) is 18.6 Å². The molecule has 19 heavy (non-hydrogen) atoms. The summed E-state index contributed by atoms with van der Waals surface area (Å²) < 4.78 is 0. The largest absolute Gasteiger partial charge is 0.385 e. The first-order valence-corrected chi connectivity index (χ1v) is 6.00. The molecule has 0 radical (unpaired) electrons. The van der Waals surface area contributed by atoms with Gasteiger partial charge in [0.1, 0.15) is 0 Å². The zero-order chi connectivity index (χ0) is 13.9. The fourth-order valence-electron chi connectivity index (χ4n) is 2.04. The first kappa shape index (κ1) is 13.2. The minimum atomic E-state index is -1.05. The van der Waals surface area contributed by atoms with E-state index in [0.717, 1.165) is 5.56 Å². The Kier molecular flexibility index (Phi) is 3.62. The molecule has 98 valence electrons. The maximum absolute atomic E-state index is 10.6. The minimum Gasteiger partial charge on any atom is -0.385 e. The van der Waals surface area contributed by atoms with Crippen LogP contribution in [0.25, 0.3) is 0 Å². The van der Waals surface area contributed by atoms with Gasteiger partial charge in [-0.15, -0.1) is 0 Å². The third-order valence-corrected chi connectivity index (χ3v) is 3.09. The summed E-state index contributed by atoms with van der Waals surface area (Å²) in [4.78, 5) is 10.1. The van der Waals surface area contributed by atoms with Gasteiger partial charge < -0.3 is 5.11 Å². The Labute approximate surface area is 111 Å². The molecule has 0 aliphatic heterocycles. The van der Waals surface area contributed by atoms with Crippen molar-refractivity contribution in [2.75, 3.05) is 0 Å². The average Bonchev–Trinajstić information content (AvgIpc) is 2.39. The second-order valence-electron chi connectivity index (χ2n) is 4.74. The van der Waals surface area contributed by atoms with Gasteiger partial charge >= 0.3 is 0 Å². The fourth-order valence-corrected chi connectivity index (χ4v) is 2.04. The molecule has 0 aromatic heterocycles. The maximum atomic E-state index is 10.6. The van der Waals surface area contributed by atoms with Gasteiger partial charge in [-0.3, -0.25) is 10.1 Å². The van der Waals surface area contributed by atoms with E-state index in [9.17, 15) is 15.2 Å². The molecule has 2 aromatic rings. The minimum absolute atomic E-state index is 0.0271. The summed E-state index contributed by atoms with van der Waals surface area (Å²) in [5.41, 5.74) is 0.670. The van der Waals surface area contributed by atoms with Crippen LogP contribution in [-0.2, 0) is 12.0 Å². The van der Waals surface area contributed by atoms with Crippen LogP contribution in [0.1, 0.15) is 18.1 Å². The van der Waals surface area contributed by atoms with Crippen molar-refractivity contribution in [2.24, 2.45) is 0 Å². The molecular weight excluding hydrogens is 242 g/mol. The second kappa shape index (κ2) is 5.20. The summed E-state index contributed by atoms with van der Waals surface area (Å²) in [7, 11) is 0. The Hall–Kier alpha value is -2.20. The summed E-state index contributed by atoms with van der Waals surface area (Å²) in [6.45, 7) is 1.71. The Bertz CT molecular complexity index is 562. The highest BCUT2D eigenvalue weighted by atomic mass is 16.6. The molecule has 0 amide bonds. The van der Waals surface area contributed by atoms with Crippen molar-refractivity contribution in [1.29, 1.82) is 0 Å². The smallest absolute Gasteiger partial charge is 0.269 e. The summed E-state index contributed by atoms with van der Waals surface area (Å²) in [5.74, 6) is 0. The van der Waals surface area contributed by atoms with Crippen molar-refractivity contribution in [3.8, 4) is 0 Å². The van der Waals surface area contributed by atoms with E-state index in [1.54, 1.807) is 19.1 Å². The molecule has 0 saturated heterocycles. The molecule has 0 bridgehead atoms. The van der Waals surface area contributed by atoms with Crippen LogP contribution in [0.2, 0.25) is 0 Å². The number of hydrogen-bond acceptors (Lipinski definition) is 3. The van der Waals surface area contributed by atoms with Crippen molar-refractivity contribution >= 4 is 5.69 Å². The topological polar surface area (TPSA) is 63.4 Å². The number of benzene rings is 2. The lowest BCUT2D eigenvalue weighted by Crippen LogP contribution is -2.24. The quantitative estimate of drug-likeness (QED) is 0.676. The molecule has 0 spiro atoms. The van der Waals surface area contributed by atoms with Gasteiger partial charge in [0.25, 0.3) is 5.69 Å². The van der Waals surface area contributed by atoms with Crippen molar-refractivity contribution in [2.45, 2.75) is 18.9 Å². The van der Waals surface area contributed by atoms with Gasteiger partial charge in [-0.2, -0.15) is 0 Å². The molecule has 4 nitrogen and oxygen atoms in total. The van der Waals surface area contributed by atoms with Gasteiger partial charge in [-0.05, 0) is 30.2 Å². The zero-order valence-electron chi connectivity index (χ0n) is 10.6. The maximum Gasteiger partial charge on any atom is 0.269 e. The van der Waals surface area contributed by atoms with Gasteiger partial charge in [0.15, 0.2) is 0 Å². The molecule has 0 fully saturated rings. The molecule has 0 saturated carbocycles. The Balaban J connectivity index is 2.21. The molecule has 2 rings (SSSR count). The van der Waals surface area contributed by atoms with Gasteiger partial charge in [-0.25, -0.2) is 0 Å². The Morgan fingerprint density at radius 2 is 1.68 bits per heavy atom. The highest BCUT2D eigenvalue weighted by Crippen LogP contribution is 2.26. The molecule has 1 atom stereocenters. The summed E-state index contributed by atoms with van der Waals surface area (Å²) in [6, 6.07) is 15.7. The van der Waals surface area contributed by atoms with Gasteiger partial charge in [0.2, 0.25) is 0 Å². The lowest BCUT2D eigenvalue weighted by Gasteiger charge is -2.23. The molecule has 0 aliphatic rings.